The van der Waals surface area contributed by atoms with E-state index in [9.17, 15) is 9.18 Å². The number of carbonyl (C=O) groups excluding carboxylic acids is 1. The third-order valence-corrected chi connectivity index (χ3v) is 4.34. The smallest absolute Gasteiger partial charge is 0.254 e. The number of rotatable bonds is 3. The predicted molar refractivity (Wildman–Crippen MR) is 83.9 cm³/mol. The topological polar surface area (TPSA) is 32.3 Å². The van der Waals surface area contributed by atoms with Gasteiger partial charge in [0.15, 0.2) is 0 Å². The van der Waals surface area contributed by atoms with Gasteiger partial charge in [-0.3, -0.25) is 4.79 Å². The maximum Gasteiger partial charge on any atom is 0.254 e. The van der Waals surface area contributed by atoms with Crippen molar-refractivity contribution in [1.29, 1.82) is 0 Å². The lowest BCUT2D eigenvalue weighted by Gasteiger charge is -2.26. The number of halogens is 1. The molecule has 0 saturated carbocycles. The maximum atomic E-state index is 13.9. The summed E-state index contributed by atoms with van der Waals surface area (Å²) in [5.41, 5.74) is 3.58. The largest absolute Gasteiger partial charge is 0.335 e. The number of nitrogens with one attached hydrogen (secondary N) is 1. The number of hydrogen-bond acceptors (Lipinski definition) is 2. The van der Waals surface area contributed by atoms with Gasteiger partial charge in [-0.05, 0) is 36.2 Å². The minimum atomic E-state index is -0.319. The van der Waals surface area contributed by atoms with Crippen molar-refractivity contribution in [3.8, 4) is 0 Å². The molecule has 4 heteroatoms. The van der Waals surface area contributed by atoms with Gasteiger partial charge < -0.3 is 10.2 Å². The van der Waals surface area contributed by atoms with Crippen molar-refractivity contribution in [3.63, 3.8) is 0 Å². The molecular weight excluding hydrogens is 279 g/mol. The van der Waals surface area contributed by atoms with Crippen molar-refractivity contribution in [1.82, 2.24) is 10.2 Å². The minimum absolute atomic E-state index is 0.0922. The lowest BCUT2D eigenvalue weighted by Crippen LogP contribution is -2.30. The van der Waals surface area contributed by atoms with Crippen molar-refractivity contribution in [2.75, 3.05) is 7.05 Å². The molecule has 3 rings (SSSR count). The summed E-state index contributed by atoms with van der Waals surface area (Å²) in [6.45, 7) is 3.49. The van der Waals surface area contributed by atoms with Crippen LogP contribution in [0.1, 0.15) is 40.0 Å². The molecule has 0 spiro atoms. The molecule has 1 N–H and O–H groups in total. The molecule has 1 heterocycles. The summed E-state index contributed by atoms with van der Waals surface area (Å²) in [7, 11) is 1.71. The van der Waals surface area contributed by atoms with Crippen LogP contribution in [-0.2, 0) is 13.1 Å². The van der Waals surface area contributed by atoms with E-state index in [2.05, 4.69) is 5.32 Å². The van der Waals surface area contributed by atoms with Gasteiger partial charge in [-0.2, -0.15) is 0 Å². The van der Waals surface area contributed by atoms with Gasteiger partial charge in [-0.1, -0.05) is 24.3 Å². The van der Waals surface area contributed by atoms with Gasteiger partial charge in [0.2, 0.25) is 0 Å². The number of fused-ring (bicyclic) bond motifs is 1. The fourth-order valence-corrected chi connectivity index (χ4v) is 2.83. The zero-order chi connectivity index (χ0) is 15.7. The first-order valence-electron chi connectivity index (χ1n) is 7.42. The molecular formula is C18H19FN2O. The van der Waals surface area contributed by atoms with Gasteiger partial charge in [0.1, 0.15) is 5.82 Å². The van der Waals surface area contributed by atoms with Crippen LogP contribution in [0.3, 0.4) is 0 Å². The highest BCUT2D eigenvalue weighted by Crippen LogP contribution is 2.24. The maximum absolute atomic E-state index is 13.9. The van der Waals surface area contributed by atoms with Crippen molar-refractivity contribution in [2.45, 2.75) is 26.1 Å². The highest BCUT2D eigenvalue weighted by atomic mass is 19.1. The number of nitrogens with zero attached hydrogens (tertiary/aromatic N) is 1. The third kappa shape index (κ3) is 2.62. The molecule has 0 aliphatic carbocycles. The van der Waals surface area contributed by atoms with E-state index >= 15 is 0 Å². The van der Waals surface area contributed by atoms with Crippen LogP contribution in [0.15, 0.2) is 42.5 Å². The summed E-state index contributed by atoms with van der Waals surface area (Å²) in [4.78, 5) is 14.2. The highest BCUT2D eigenvalue weighted by molar-refractivity contribution is 5.94. The van der Waals surface area contributed by atoms with Crippen LogP contribution >= 0.6 is 0 Å². The lowest BCUT2D eigenvalue weighted by atomic mass is 10.0. The molecule has 1 atom stereocenters. The molecule has 114 valence electrons. The van der Waals surface area contributed by atoms with E-state index in [1.54, 1.807) is 30.1 Å². The SMILES string of the molecule is CC(c1ccccc1F)N(C)C(=O)c1ccc2c(c1)CNC2. The molecule has 0 bridgehead atoms. The van der Waals surface area contributed by atoms with E-state index in [4.69, 9.17) is 0 Å². The summed E-state index contributed by atoms with van der Waals surface area (Å²) in [5, 5.41) is 3.26. The van der Waals surface area contributed by atoms with E-state index in [-0.39, 0.29) is 17.8 Å². The van der Waals surface area contributed by atoms with E-state index in [1.165, 1.54) is 11.6 Å². The predicted octanol–water partition coefficient (Wildman–Crippen LogP) is 3.26. The number of hydrogen-bond donors (Lipinski definition) is 1. The molecule has 2 aromatic rings. The number of benzene rings is 2. The molecule has 0 aromatic heterocycles. The molecule has 2 aromatic carbocycles. The Balaban J connectivity index is 1.84. The zero-order valence-corrected chi connectivity index (χ0v) is 12.8. The molecule has 0 fully saturated rings. The van der Waals surface area contributed by atoms with Gasteiger partial charge in [-0.15, -0.1) is 0 Å². The average Bonchev–Trinajstić information content (AvgIpc) is 3.00. The molecule has 1 amide bonds. The molecule has 3 nitrogen and oxygen atoms in total. The van der Waals surface area contributed by atoms with E-state index < -0.39 is 0 Å². The van der Waals surface area contributed by atoms with E-state index in [0.717, 1.165) is 18.7 Å². The van der Waals surface area contributed by atoms with Gasteiger partial charge in [0, 0.05) is 31.3 Å². The summed E-state index contributed by atoms with van der Waals surface area (Å²) in [6.07, 6.45) is 0. The fraction of sp³-hybridized carbons (Fsp3) is 0.278. The van der Waals surface area contributed by atoms with Crippen molar-refractivity contribution < 1.29 is 9.18 Å². The Morgan fingerprint density at radius 1 is 1.18 bits per heavy atom. The van der Waals surface area contributed by atoms with E-state index in [1.807, 2.05) is 25.1 Å². The van der Waals surface area contributed by atoms with Crippen molar-refractivity contribution >= 4 is 5.91 Å². The highest BCUT2D eigenvalue weighted by Gasteiger charge is 2.22. The first kappa shape index (κ1) is 14.7. The van der Waals surface area contributed by atoms with Gasteiger partial charge in [0.05, 0.1) is 6.04 Å². The second kappa shape index (κ2) is 5.89. The van der Waals surface area contributed by atoms with Gasteiger partial charge in [-0.25, -0.2) is 4.39 Å². The Labute approximate surface area is 129 Å². The number of amides is 1. The summed E-state index contributed by atoms with van der Waals surface area (Å²) < 4.78 is 13.9. The molecule has 0 radical (unpaired) electrons. The van der Waals surface area contributed by atoms with Crippen molar-refractivity contribution in [3.05, 3.63) is 70.5 Å². The van der Waals surface area contributed by atoms with Crippen LogP contribution in [0.25, 0.3) is 0 Å². The minimum Gasteiger partial charge on any atom is -0.335 e. The standard InChI is InChI=1S/C18H19FN2O/c1-12(16-5-3-4-6-17(16)19)21(2)18(22)13-7-8-14-10-20-11-15(14)9-13/h3-9,12,20H,10-11H2,1-2H3. The Morgan fingerprint density at radius 3 is 2.68 bits per heavy atom. The van der Waals surface area contributed by atoms with Crippen LogP contribution in [0.2, 0.25) is 0 Å². The Hall–Kier alpha value is -2.20. The van der Waals surface area contributed by atoms with Crippen LogP contribution in [-0.4, -0.2) is 17.9 Å². The monoisotopic (exact) mass is 298 g/mol. The van der Waals surface area contributed by atoms with Crippen LogP contribution in [0, 0.1) is 5.82 Å². The Bertz CT molecular complexity index is 714. The second-order valence-corrected chi connectivity index (χ2v) is 5.70. The normalized spacial score (nSPS) is 14.5. The average molecular weight is 298 g/mol. The Morgan fingerprint density at radius 2 is 1.91 bits per heavy atom. The lowest BCUT2D eigenvalue weighted by molar-refractivity contribution is 0.0740. The molecule has 1 aliphatic rings. The fourth-order valence-electron chi connectivity index (χ4n) is 2.83. The van der Waals surface area contributed by atoms with Crippen molar-refractivity contribution in [2.24, 2.45) is 0 Å². The molecule has 1 aliphatic heterocycles. The summed E-state index contributed by atoms with van der Waals surface area (Å²) in [5.74, 6) is -0.377. The van der Waals surface area contributed by atoms with Gasteiger partial charge >= 0.3 is 0 Å². The molecule has 0 saturated heterocycles. The quantitative estimate of drug-likeness (QED) is 0.943. The molecule has 1 unspecified atom stereocenters. The summed E-state index contributed by atoms with van der Waals surface area (Å²) >= 11 is 0. The number of carbonyl (C=O) groups is 1. The summed E-state index contributed by atoms with van der Waals surface area (Å²) in [6, 6.07) is 12.0. The molecule has 22 heavy (non-hydrogen) atoms. The van der Waals surface area contributed by atoms with E-state index in [0.29, 0.717) is 11.1 Å². The van der Waals surface area contributed by atoms with Gasteiger partial charge in [0.25, 0.3) is 5.91 Å². The first-order chi connectivity index (χ1) is 10.6. The van der Waals surface area contributed by atoms with Crippen LogP contribution < -0.4 is 5.32 Å². The van der Waals surface area contributed by atoms with Crippen LogP contribution in [0.5, 0.6) is 0 Å². The first-order valence-corrected chi connectivity index (χ1v) is 7.42. The Kier molecular flexibility index (Phi) is 3.94. The van der Waals surface area contributed by atoms with Crippen LogP contribution in [0.4, 0.5) is 4.39 Å². The zero-order valence-electron chi connectivity index (χ0n) is 12.8. The second-order valence-electron chi connectivity index (χ2n) is 5.70. The third-order valence-electron chi connectivity index (χ3n) is 4.34.